The highest BCUT2D eigenvalue weighted by atomic mass is 35.5. The minimum atomic E-state index is 0.363. The van der Waals surface area contributed by atoms with Gasteiger partial charge in [-0.1, -0.05) is 32.0 Å². The van der Waals surface area contributed by atoms with Gasteiger partial charge >= 0.3 is 0 Å². The third kappa shape index (κ3) is 4.97. The summed E-state index contributed by atoms with van der Waals surface area (Å²) in [6.45, 7) is 5.22. The monoisotopic (exact) mass is 255 g/mol. The molecule has 0 bridgehead atoms. The molecular weight excluding hydrogens is 234 g/mol. The minimum absolute atomic E-state index is 0.363. The van der Waals surface area contributed by atoms with Crippen molar-refractivity contribution in [1.82, 2.24) is 5.32 Å². The second kappa shape index (κ2) is 7.57. The van der Waals surface area contributed by atoms with Gasteiger partial charge in [0.1, 0.15) is 5.75 Å². The predicted octanol–water partition coefficient (Wildman–Crippen LogP) is 3.44. The lowest BCUT2D eigenvalue weighted by molar-refractivity contribution is 0.400. The van der Waals surface area contributed by atoms with Crippen LogP contribution in [-0.4, -0.2) is 19.0 Å². The van der Waals surface area contributed by atoms with Crippen molar-refractivity contribution in [3.05, 3.63) is 29.8 Å². The largest absolute Gasteiger partial charge is 0.496 e. The fraction of sp³-hybridized carbons (Fsp3) is 0.571. The zero-order valence-electron chi connectivity index (χ0n) is 10.9. The van der Waals surface area contributed by atoms with Crippen LogP contribution < -0.4 is 10.1 Å². The van der Waals surface area contributed by atoms with E-state index in [4.69, 9.17) is 16.3 Å². The molecule has 0 fully saturated rings. The summed E-state index contributed by atoms with van der Waals surface area (Å²) in [5, 5.41) is 3.48. The number of ether oxygens (including phenoxy) is 1. The molecule has 0 spiro atoms. The highest BCUT2D eigenvalue weighted by Gasteiger charge is 2.10. The van der Waals surface area contributed by atoms with E-state index in [1.807, 2.05) is 18.2 Å². The van der Waals surface area contributed by atoms with E-state index in [0.717, 1.165) is 18.7 Å². The summed E-state index contributed by atoms with van der Waals surface area (Å²) in [6.07, 6.45) is 1.10. The third-order valence-electron chi connectivity index (χ3n) is 2.72. The van der Waals surface area contributed by atoms with Crippen molar-refractivity contribution in [2.24, 2.45) is 5.92 Å². The van der Waals surface area contributed by atoms with Crippen LogP contribution in [0.25, 0.3) is 0 Å². The summed E-state index contributed by atoms with van der Waals surface area (Å²) in [7, 11) is 1.70. The Hall–Kier alpha value is -0.730. The number of benzene rings is 1. The van der Waals surface area contributed by atoms with Crippen LogP contribution in [0.4, 0.5) is 0 Å². The molecule has 0 saturated heterocycles. The van der Waals surface area contributed by atoms with Gasteiger partial charge in [-0.15, -0.1) is 11.6 Å². The van der Waals surface area contributed by atoms with Crippen molar-refractivity contribution in [1.29, 1.82) is 0 Å². The van der Waals surface area contributed by atoms with Crippen LogP contribution in [0.3, 0.4) is 0 Å². The molecule has 1 atom stereocenters. The van der Waals surface area contributed by atoms with E-state index in [-0.39, 0.29) is 0 Å². The van der Waals surface area contributed by atoms with Gasteiger partial charge in [-0.25, -0.2) is 0 Å². The van der Waals surface area contributed by atoms with Crippen molar-refractivity contribution in [2.75, 3.05) is 13.0 Å². The van der Waals surface area contributed by atoms with E-state index in [0.29, 0.717) is 17.8 Å². The third-order valence-corrected chi connectivity index (χ3v) is 3.09. The van der Waals surface area contributed by atoms with Crippen molar-refractivity contribution in [3.63, 3.8) is 0 Å². The number of methoxy groups -OCH3 is 1. The number of alkyl halides is 1. The van der Waals surface area contributed by atoms with Crippen molar-refractivity contribution in [2.45, 2.75) is 32.9 Å². The molecule has 2 nitrogen and oxygen atoms in total. The van der Waals surface area contributed by atoms with Gasteiger partial charge in [-0.2, -0.15) is 0 Å². The summed E-state index contributed by atoms with van der Waals surface area (Å²) < 4.78 is 5.32. The molecule has 0 aliphatic rings. The van der Waals surface area contributed by atoms with Crippen LogP contribution in [0, 0.1) is 5.92 Å². The molecule has 17 heavy (non-hydrogen) atoms. The lowest BCUT2D eigenvalue weighted by atomic mass is 10.0. The summed E-state index contributed by atoms with van der Waals surface area (Å²) >= 11 is 5.96. The van der Waals surface area contributed by atoms with Gasteiger partial charge in [0.05, 0.1) is 7.11 Å². The Morgan fingerprint density at radius 2 is 2.00 bits per heavy atom. The van der Waals surface area contributed by atoms with Crippen LogP contribution >= 0.6 is 11.6 Å². The van der Waals surface area contributed by atoms with E-state index >= 15 is 0 Å². The number of halogens is 1. The Kier molecular flexibility index (Phi) is 6.38. The van der Waals surface area contributed by atoms with Gasteiger partial charge in [0.25, 0.3) is 0 Å². The van der Waals surface area contributed by atoms with Gasteiger partial charge < -0.3 is 10.1 Å². The zero-order chi connectivity index (χ0) is 12.7. The molecule has 1 aromatic rings. The Balaban J connectivity index is 2.53. The van der Waals surface area contributed by atoms with Crippen molar-refractivity contribution in [3.8, 4) is 5.75 Å². The van der Waals surface area contributed by atoms with Crippen molar-refractivity contribution >= 4 is 11.6 Å². The maximum absolute atomic E-state index is 5.96. The quantitative estimate of drug-likeness (QED) is 0.754. The zero-order valence-corrected chi connectivity index (χ0v) is 11.6. The fourth-order valence-corrected chi connectivity index (χ4v) is 2.11. The maximum atomic E-state index is 5.96. The Bertz CT molecular complexity index is 328. The fourth-order valence-electron chi connectivity index (χ4n) is 1.87. The topological polar surface area (TPSA) is 21.3 Å². The second-order valence-electron chi connectivity index (χ2n) is 4.67. The summed E-state index contributed by atoms with van der Waals surface area (Å²) in [5.41, 5.74) is 1.17. The highest BCUT2D eigenvalue weighted by molar-refractivity contribution is 6.18. The van der Waals surface area contributed by atoms with E-state index < -0.39 is 0 Å². The summed E-state index contributed by atoms with van der Waals surface area (Å²) in [5.74, 6) is 2.23. The standard InChI is InChI=1S/C14H22ClNO/c1-11(2)8-13(9-15)16-10-12-6-4-5-7-14(12)17-3/h4-7,11,13,16H,8-10H2,1-3H3. The Morgan fingerprint density at radius 1 is 1.29 bits per heavy atom. The Labute approximate surface area is 109 Å². The molecule has 0 saturated carbocycles. The smallest absolute Gasteiger partial charge is 0.123 e. The van der Waals surface area contributed by atoms with Crippen LogP contribution in [0.5, 0.6) is 5.75 Å². The van der Waals surface area contributed by atoms with Crippen LogP contribution in [0.1, 0.15) is 25.8 Å². The first kappa shape index (κ1) is 14.3. The molecule has 0 aliphatic heterocycles. The van der Waals surface area contributed by atoms with Crippen LogP contribution in [0.15, 0.2) is 24.3 Å². The number of hydrogen-bond donors (Lipinski definition) is 1. The molecule has 0 aliphatic carbocycles. The molecule has 3 heteroatoms. The normalized spacial score (nSPS) is 12.8. The van der Waals surface area contributed by atoms with E-state index in [9.17, 15) is 0 Å². The first-order chi connectivity index (χ1) is 8.17. The lowest BCUT2D eigenvalue weighted by Gasteiger charge is -2.19. The molecule has 1 N–H and O–H groups in total. The molecule has 0 aromatic heterocycles. The van der Waals surface area contributed by atoms with Gasteiger partial charge in [-0.05, 0) is 18.4 Å². The molecule has 0 heterocycles. The van der Waals surface area contributed by atoms with Gasteiger partial charge in [0.15, 0.2) is 0 Å². The average Bonchev–Trinajstić information content (AvgIpc) is 2.34. The highest BCUT2D eigenvalue weighted by Crippen LogP contribution is 2.17. The molecule has 1 rings (SSSR count). The Morgan fingerprint density at radius 3 is 2.59 bits per heavy atom. The van der Waals surface area contributed by atoms with Crippen LogP contribution in [-0.2, 0) is 6.54 Å². The molecule has 96 valence electrons. The summed E-state index contributed by atoms with van der Waals surface area (Å²) in [4.78, 5) is 0. The predicted molar refractivity (Wildman–Crippen MR) is 73.8 cm³/mol. The van der Waals surface area contributed by atoms with Gasteiger partial charge in [0, 0.05) is 24.0 Å². The van der Waals surface area contributed by atoms with E-state index in [1.54, 1.807) is 7.11 Å². The molecule has 0 amide bonds. The SMILES string of the molecule is COc1ccccc1CNC(CCl)CC(C)C. The second-order valence-corrected chi connectivity index (χ2v) is 4.98. The number of para-hydroxylation sites is 1. The van der Waals surface area contributed by atoms with Gasteiger partial charge in [-0.3, -0.25) is 0 Å². The van der Waals surface area contributed by atoms with E-state index in [2.05, 4.69) is 25.2 Å². The van der Waals surface area contributed by atoms with E-state index in [1.165, 1.54) is 5.56 Å². The molecular formula is C14H22ClNO. The number of nitrogens with one attached hydrogen (secondary N) is 1. The average molecular weight is 256 g/mol. The molecule has 1 aromatic carbocycles. The molecule has 0 radical (unpaired) electrons. The number of rotatable bonds is 7. The van der Waals surface area contributed by atoms with Crippen molar-refractivity contribution < 1.29 is 4.74 Å². The minimum Gasteiger partial charge on any atom is -0.496 e. The lowest BCUT2D eigenvalue weighted by Crippen LogP contribution is -2.31. The van der Waals surface area contributed by atoms with Crippen LogP contribution in [0.2, 0.25) is 0 Å². The summed E-state index contributed by atoms with van der Waals surface area (Å²) in [6, 6.07) is 8.43. The maximum Gasteiger partial charge on any atom is 0.123 e. The number of hydrogen-bond acceptors (Lipinski definition) is 2. The molecule has 1 unspecified atom stereocenters. The first-order valence-electron chi connectivity index (χ1n) is 6.08. The van der Waals surface area contributed by atoms with Gasteiger partial charge in [0.2, 0.25) is 0 Å². The first-order valence-corrected chi connectivity index (χ1v) is 6.62.